The number of nitrogens with one attached hydrogen (secondary N) is 1. The first-order valence-corrected chi connectivity index (χ1v) is 10.7. The molecule has 0 unspecified atom stereocenters. The molecule has 0 bridgehead atoms. The van der Waals surface area contributed by atoms with Crippen LogP contribution in [-0.4, -0.2) is 40.4 Å². The number of alkyl halides is 3. The summed E-state index contributed by atoms with van der Waals surface area (Å²) in [5.41, 5.74) is 0.443. The Morgan fingerprint density at radius 2 is 1.74 bits per heavy atom. The molecule has 0 atom stereocenters. The lowest BCUT2D eigenvalue weighted by Gasteiger charge is -2.24. The van der Waals surface area contributed by atoms with E-state index >= 15 is 0 Å². The van der Waals surface area contributed by atoms with Crippen molar-refractivity contribution in [3.8, 4) is 11.5 Å². The van der Waals surface area contributed by atoms with Gasteiger partial charge in [-0.1, -0.05) is 12.1 Å². The molecule has 10 heteroatoms. The highest BCUT2D eigenvalue weighted by Crippen LogP contribution is 2.32. The zero-order chi connectivity index (χ0) is 24.9. The van der Waals surface area contributed by atoms with E-state index in [2.05, 4.69) is 15.5 Å². The summed E-state index contributed by atoms with van der Waals surface area (Å²) in [5, 5.41) is 11.3. The fourth-order valence-electron chi connectivity index (χ4n) is 3.04. The third-order valence-electron chi connectivity index (χ3n) is 4.70. The van der Waals surface area contributed by atoms with Crippen LogP contribution in [0.2, 0.25) is 0 Å². The normalized spacial score (nSPS) is 11.9. The van der Waals surface area contributed by atoms with Crippen LogP contribution in [0.15, 0.2) is 52.9 Å². The minimum absolute atomic E-state index is 0.283. The number of halogens is 3. The number of hydrogen-bond donors (Lipinski definition) is 1. The van der Waals surface area contributed by atoms with Gasteiger partial charge in [-0.25, -0.2) is 4.79 Å². The van der Waals surface area contributed by atoms with Gasteiger partial charge < -0.3 is 19.4 Å². The maximum Gasteiger partial charge on any atom is 0.416 e. The molecule has 0 saturated heterocycles. The highest BCUT2D eigenvalue weighted by atomic mass is 19.4. The van der Waals surface area contributed by atoms with Gasteiger partial charge in [0.15, 0.2) is 0 Å². The Morgan fingerprint density at radius 1 is 1.06 bits per heavy atom. The number of hydrogen-bond acceptors (Lipinski definition) is 6. The van der Waals surface area contributed by atoms with Crippen molar-refractivity contribution >= 4 is 17.5 Å². The monoisotopic (exact) mass is 476 g/mol. The second-order valence-corrected chi connectivity index (χ2v) is 8.75. The maximum absolute atomic E-state index is 12.8. The van der Waals surface area contributed by atoms with Crippen molar-refractivity contribution in [1.29, 1.82) is 0 Å². The molecular formula is C24H27F3N4O3. The van der Waals surface area contributed by atoms with Gasteiger partial charge >= 0.3 is 12.3 Å². The summed E-state index contributed by atoms with van der Waals surface area (Å²) < 4.78 is 49.5. The molecule has 3 aromatic rings. The lowest BCUT2D eigenvalue weighted by atomic mass is 10.1. The second-order valence-electron chi connectivity index (χ2n) is 8.75. The molecule has 1 heterocycles. The Hall–Kier alpha value is -3.56. The summed E-state index contributed by atoms with van der Waals surface area (Å²) >= 11 is 0. The van der Waals surface area contributed by atoms with Crippen molar-refractivity contribution in [1.82, 2.24) is 15.1 Å². The second kappa shape index (κ2) is 10.1. The van der Waals surface area contributed by atoms with Crippen molar-refractivity contribution in [3.05, 3.63) is 60.0 Å². The van der Waals surface area contributed by atoms with Crippen LogP contribution in [0.5, 0.6) is 0 Å². The first-order valence-electron chi connectivity index (χ1n) is 10.7. The van der Waals surface area contributed by atoms with Crippen molar-refractivity contribution in [3.63, 3.8) is 0 Å². The molecular weight excluding hydrogens is 449 g/mol. The van der Waals surface area contributed by atoms with E-state index in [9.17, 15) is 18.0 Å². The first-order chi connectivity index (χ1) is 15.9. The standard InChI is InChI=1S/C24H27F3N4O3/c1-23(2,3)34-22(32)31(4)15-7-10-20-29-30-21(33-20)18-8-5-6-9-19(18)28-17-13-11-16(12-14-17)24(25,26)27/h5-6,8-9,11-14,28H,7,10,15H2,1-4H3. The number of aromatic nitrogens is 2. The molecule has 1 N–H and O–H groups in total. The first kappa shape index (κ1) is 25.1. The molecule has 0 aliphatic rings. The van der Waals surface area contributed by atoms with Crippen LogP contribution in [0, 0.1) is 0 Å². The van der Waals surface area contributed by atoms with Crippen LogP contribution in [0.3, 0.4) is 0 Å². The topological polar surface area (TPSA) is 80.5 Å². The number of carbonyl (C=O) groups excluding carboxylic acids is 1. The van der Waals surface area contributed by atoms with Gasteiger partial charge in [-0.15, -0.1) is 10.2 Å². The van der Waals surface area contributed by atoms with E-state index in [1.54, 1.807) is 31.3 Å². The summed E-state index contributed by atoms with van der Waals surface area (Å²) in [6, 6.07) is 11.9. The quantitative estimate of drug-likeness (QED) is 0.431. The van der Waals surface area contributed by atoms with Crippen molar-refractivity contribution in [2.75, 3.05) is 18.9 Å². The minimum Gasteiger partial charge on any atom is -0.444 e. The summed E-state index contributed by atoms with van der Waals surface area (Å²) in [6.45, 7) is 5.88. The predicted octanol–water partition coefficient (Wildman–Crippen LogP) is 6.30. The summed E-state index contributed by atoms with van der Waals surface area (Å²) in [6.07, 6.45) is -3.72. The van der Waals surface area contributed by atoms with E-state index in [1.807, 2.05) is 20.8 Å². The van der Waals surface area contributed by atoms with Gasteiger partial charge in [-0.05, 0) is 63.6 Å². The van der Waals surface area contributed by atoms with Crippen LogP contribution in [0.25, 0.3) is 11.5 Å². The Morgan fingerprint density at radius 3 is 2.38 bits per heavy atom. The number of anilines is 2. The van der Waals surface area contributed by atoms with Crippen LogP contribution < -0.4 is 5.32 Å². The van der Waals surface area contributed by atoms with Crippen LogP contribution in [0.4, 0.5) is 29.3 Å². The molecule has 0 aliphatic heterocycles. The smallest absolute Gasteiger partial charge is 0.416 e. The Kier molecular flexibility index (Phi) is 7.48. The number of benzene rings is 2. The van der Waals surface area contributed by atoms with Crippen molar-refractivity contribution in [2.24, 2.45) is 0 Å². The summed E-state index contributed by atoms with van der Waals surface area (Å²) in [7, 11) is 1.66. The van der Waals surface area contributed by atoms with Gasteiger partial charge in [-0.2, -0.15) is 13.2 Å². The molecule has 182 valence electrons. The lowest BCUT2D eigenvalue weighted by molar-refractivity contribution is -0.137. The van der Waals surface area contributed by atoms with E-state index < -0.39 is 23.4 Å². The minimum atomic E-state index is -4.39. The van der Waals surface area contributed by atoms with E-state index in [-0.39, 0.29) is 5.89 Å². The molecule has 34 heavy (non-hydrogen) atoms. The molecule has 7 nitrogen and oxygen atoms in total. The van der Waals surface area contributed by atoms with E-state index in [0.29, 0.717) is 42.2 Å². The van der Waals surface area contributed by atoms with Crippen LogP contribution in [0.1, 0.15) is 38.6 Å². The fourth-order valence-corrected chi connectivity index (χ4v) is 3.04. The van der Waals surface area contributed by atoms with E-state index in [4.69, 9.17) is 9.15 Å². The third kappa shape index (κ3) is 6.97. The molecule has 1 aromatic heterocycles. The van der Waals surface area contributed by atoms with Crippen molar-refractivity contribution < 1.29 is 27.1 Å². The van der Waals surface area contributed by atoms with Gasteiger partial charge in [0, 0.05) is 25.7 Å². The van der Waals surface area contributed by atoms with Crippen LogP contribution >= 0.6 is 0 Å². The number of amides is 1. The molecule has 2 aromatic carbocycles. The molecule has 0 aliphatic carbocycles. The Bertz CT molecular complexity index is 1110. The molecule has 1 amide bonds. The van der Waals surface area contributed by atoms with E-state index in [0.717, 1.165) is 12.1 Å². The lowest BCUT2D eigenvalue weighted by Crippen LogP contribution is -2.34. The molecule has 0 fully saturated rings. The highest BCUT2D eigenvalue weighted by molar-refractivity contribution is 5.76. The summed E-state index contributed by atoms with van der Waals surface area (Å²) in [4.78, 5) is 13.5. The maximum atomic E-state index is 12.8. The number of para-hydroxylation sites is 1. The average Bonchev–Trinajstić information content (AvgIpc) is 3.21. The molecule has 0 saturated carbocycles. The molecule has 0 radical (unpaired) electrons. The predicted molar refractivity (Wildman–Crippen MR) is 122 cm³/mol. The average molecular weight is 476 g/mol. The SMILES string of the molecule is CN(CCCc1nnc(-c2ccccc2Nc2ccc(C(F)(F)F)cc2)o1)C(=O)OC(C)(C)C. The number of carbonyl (C=O) groups is 1. The van der Waals surface area contributed by atoms with Gasteiger partial charge in [0.05, 0.1) is 16.8 Å². The Balaban J connectivity index is 1.63. The molecule has 3 rings (SSSR count). The van der Waals surface area contributed by atoms with Gasteiger partial charge in [-0.3, -0.25) is 0 Å². The van der Waals surface area contributed by atoms with Crippen LogP contribution in [-0.2, 0) is 17.3 Å². The van der Waals surface area contributed by atoms with Gasteiger partial charge in [0.25, 0.3) is 0 Å². The molecule has 0 spiro atoms. The largest absolute Gasteiger partial charge is 0.444 e. The number of ether oxygens (including phenoxy) is 1. The zero-order valence-electron chi connectivity index (χ0n) is 19.4. The fraction of sp³-hybridized carbons (Fsp3) is 0.375. The Labute approximate surface area is 195 Å². The zero-order valence-corrected chi connectivity index (χ0v) is 19.4. The highest BCUT2D eigenvalue weighted by Gasteiger charge is 2.30. The number of aryl methyl sites for hydroxylation is 1. The summed E-state index contributed by atoms with van der Waals surface area (Å²) in [5.74, 6) is 0.697. The van der Waals surface area contributed by atoms with E-state index in [1.165, 1.54) is 17.0 Å². The van der Waals surface area contributed by atoms with Gasteiger partial charge in [0.2, 0.25) is 11.8 Å². The third-order valence-corrected chi connectivity index (χ3v) is 4.70. The number of nitrogens with zero attached hydrogens (tertiary/aromatic N) is 3. The number of rotatable bonds is 7. The van der Waals surface area contributed by atoms with Gasteiger partial charge in [0.1, 0.15) is 5.60 Å². The van der Waals surface area contributed by atoms with Crippen molar-refractivity contribution in [2.45, 2.75) is 45.4 Å².